The first-order valence-electron chi connectivity index (χ1n) is 7.41. The molecule has 6 nitrogen and oxygen atoms in total. The van der Waals surface area contributed by atoms with Gasteiger partial charge in [0, 0.05) is 18.1 Å². The molecule has 0 aliphatic heterocycles. The van der Waals surface area contributed by atoms with E-state index < -0.39 is 11.4 Å². The number of rotatable bonds is 5. The third kappa shape index (κ3) is 4.48. The van der Waals surface area contributed by atoms with Gasteiger partial charge in [-0.15, -0.1) is 0 Å². The van der Waals surface area contributed by atoms with Gasteiger partial charge in [0.05, 0.1) is 22.4 Å². The zero-order valence-electron chi connectivity index (χ0n) is 13.8. The summed E-state index contributed by atoms with van der Waals surface area (Å²) in [7, 11) is 0. The maximum Gasteiger partial charge on any atom is 0.224 e. The number of aliphatic carboxylic acids is 1. The first-order valence-corrected chi connectivity index (χ1v) is 7.41. The number of carbonyl (C=O) groups excluding carboxylic acids is 2. The highest BCUT2D eigenvalue weighted by atomic mass is 16.4. The van der Waals surface area contributed by atoms with Gasteiger partial charge in [-0.3, -0.25) is 4.79 Å². The summed E-state index contributed by atoms with van der Waals surface area (Å²) in [6.07, 6.45) is -0.0697. The number of carboxylic acids is 1. The molecule has 0 aliphatic rings. The number of carboxylic acid groups (broad SMARTS) is 1. The summed E-state index contributed by atoms with van der Waals surface area (Å²) in [5, 5.41) is 13.5. The maximum absolute atomic E-state index is 12.1. The van der Waals surface area contributed by atoms with Crippen molar-refractivity contribution in [1.82, 2.24) is 9.97 Å². The van der Waals surface area contributed by atoms with Crippen LogP contribution in [0.1, 0.15) is 38.1 Å². The molecule has 122 valence electrons. The van der Waals surface area contributed by atoms with Crippen LogP contribution in [0.2, 0.25) is 0 Å². The molecule has 0 aliphatic carbocycles. The molecule has 0 fully saturated rings. The van der Waals surface area contributed by atoms with Gasteiger partial charge in [0.15, 0.2) is 0 Å². The van der Waals surface area contributed by atoms with Crippen molar-refractivity contribution in [3.05, 3.63) is 29.6 Å². The molecule has 2 aromatic rings. The van der Waals surface area contributed by atoms with Crippen LogP contribution < -0.4 is 10.4 Å². The molecule has 0 unspecified atom stereocenters. The van der Waals surface area contributed by atoms with Crippen LogP contribution in [0.3, 0.4) is 0 Å². The summed E-state index contributed by atoms with van der Waals surface area (Å²) in [5.41, 5.74) is 3.15. The van der Waals surface area contributed by atoms with E-state index in [2.05, 4.69) is 15.3 Å². The van der Waals surface area contributed by atoms with E-state index in [4.69, 9.17) is 0 Å². The number of aromatic nitrogens is 2. The highest BCUT2D eigenvalue weighted by molar-refractivity contribution is 5.93. The molecule has 0 saturated heterocycles. The number of carbonyl (C=O) groups is 2. The molecule has 0 radical (unpaired) electrons. The highest BCUT2D eigenvalue weighted by Crippen LogP contribution is 2.25. The molecule has 0 atom stereocenters. The Kier molecular flexibility index (Phi) is 4.63. The molecular weight excluding hydrogens is 294 g/mol. The van der Waals surface area contributed by atoms with E-state index in [1.54, 1.807) is 32.0 Å². The van der Waals surface area contributed by atoms with Crippen LogP contribution in [0.5, 0.6) is 0 Å². The second-order valence-corrected chi connectivity index (χ2v) is 6.54. The number of nitrogens with one attached hydrogen (secondary N) is 1. The molecule has 0 bridgehead atoms. The third-order valence-corrected chi connectivity index (χ3v) is 3.62. The van der Waals surface area contributed by atoms with Crippen LogP contribution in [-0.2, 0) is 9.59 Å². The largest absolute Gasteiger partial charge is 0.550 e. The van der Waals surface area contributed by atoms with Crippen LogP contribution in [-0.4, -0.2) is 21.8 Å². The van der Waals surface area contributed by atoms with Crippen molar-refractivity contribution < 1.29 is 14.7 Å². The Bertz CT molecular complexity index is 769. The maximum atomic E-state index is 12.1. The van der Waals surface area contributed by atoms with E-state index in [-0.39, 0.29) is 18.7 Å². The van der Waals surface area contributed by atoms with Gasteiger partial charge in [0.25, 0.3) is 0 Å². The Morgan fingerprint density at radius 2 is 1.70 bits per heavy atom. The summed E-state index contributed by atoms with van der Waals surface area (Å²) in [6.45, 7) is 7.23. The standard InChI is InChI=1S/C17H21N3O3/c1-10-11(2)19-14-7-12(5-6-13(14)18-10)20-15(21)8-17(3,4)9-16(22)23/h5-7H,8-9H2,1-4H3,(H,20,21)(H,22,23)/p-1. The van der Waals surface area contributed by atoms with Gasteiger partial charge >= 0.3 is 0 Å². The minimum absolute atomic E-state index is 0.0949. The number of benzene rings is 1. The first-order chi connectivity index (χ1) is 10.7. The average molecular weight is 314 g/mol. The topological polar surface area (TPSA) is 95.0 Å². The molecule has 6 heteroatoms. The van der Waals surface area contributed by atoms with Crippen LogP contribution in [0.25, 0.3) is 11.0 Å². The summed E-state index contributed by atoms with van der Waals surface area (Å²) in [4.78, 5) is 31.7. The van der Waals surface area contributed by atoms with Crippen molar-refractivity contribution in [3.8, 4) is 0 Å². The lowest BCUT2D eigenvalue weighted by Crippen LogP contribution is -2.31. The molecular formula is C17H20N3O3-. The minimum Gasteiger partial charge on any atom is -0.550 e. The van der Waals surface area contributed by atoms with Gasteiger partial charge < -0.3 is 15.2 Å². The average Bonchev–Trinajstić information content (AvgIpc) is 2.37. The van der Waals surface area contributed by atoms with Gasteiger partial charge in [0.1, 0.15) is 0 Å². The Hall–Kier alpha value is -2.50. The first kappa shape index (κ1) is 16.9. The van der Waals surface area contributed by atoms with Gasteiger partial charge in [-0.2, -0.15) is 0 Å². The predicted octanol–water partition coefficient (Wildman–Crippen LogP) is 1.74. The summed E-state index contributed by atoms with van der Waals surface area (Å²) < 4.78 is 0. The molecule has 1 N–H and O–H groups in total. The van der Waals surface area contributed by atoms with Gasteiger partial charge in [-0.25, -0.2) is 9.97 Å². The fourth-order valence-electron chi connectivity index (χ4n) is 2.40. The SMILES string of the molecule is Cc1nc2ccc(NC(=O)CC(C)(C)CC(=O)[O-])cc2nc1C. The Morgan fingerprint density at radius 1 is 1.09 bits per heavy atom. The van der Waals surface area contributed by atoms with E-state index in [0.29, 0.717) is 11.2 Å². The zero-order valence-corrected chi connectivity index (χ0v) is 13.8. The van der Waals surface area contributed by atoms with Crippen LogP contribution >= 0.6 is 0 Å². The number of fused-ring (bicyclic) bond motifs is 1. The Balaban J connectivity index is 2.13. The van der Waals surface area contributed by atoms with Crippen LogP contribution in [0.4, 0.5) is 5.69 Å². The highest BCUT2D eigenvalue weighted by Gasteiger charge is 2.22. The number of aryl methyl sites for hydroxylation is 2. The lowest BCUT2D eigenvalue weighted by Gasteiger charge is -2.24. The van der Waals surface area contributed by atoms with Crippen molar-refractivity contribution in [2.45, 2.75) is 40.5 Å². The Morgan fingerprint density at radius 3 is 2.30 bits per heavy atom. The monoisotopic (exact) mass is 314 g/mol. The van der Waals surface area contributed by atoms with Crippen LogP contribution in [0, 0.1) is 19.3 Å². The van der Waals surface area contributed by atoms with Crippen molar-refractivity contribution >= 4 is 28.6 Å². The fraction of sp³-hybridized carbons (Fsp3) is 0.412. The van der Waals surface area contributed by atoms with Crippen molar-refractivity contribution in [2.75, 3.05) is 5.32 Å². The normalized spacial score (nSPS) is 11.5. The smallest absolute Gasteiger partial charge is 0.224 e. The van der Waals surface area contributed by atoms with Crippen molar-refractivity contribution in [2.24, 2.45) is 5.41 Å². The second kappa shape index (κ2) is 6.32. The zero-order chi connectivity index (χ0) is 17.2. The molecule has 1 aromatic carbocycles. The molecule has 23 heavy (non-hydrogen) atoms. The van der Waals surface area contributed by atoms with Crippen molar-refractivity contribution in [1.29, 1.82) is 0 Å². The van der Waals surface area contributed by atoms with Gasteiger partial charge in [-0.05, 0) is 43.9 Å². The van der Waals surface area contributed by atoms with Gasteiger partial charge in [-0.1, -0.05) is 13.8 Å². The summed E-state index contributed by atoms with van der Waals surface area (Å²) >= 11 is 0. The fourth-order valence-corrected chi connectivity index (χ4v) is 2.40. The number of nitrogens with zero attached hydrogens (tertiary/aromatic N) is 2. The van der Waals surface area contributed by atoms with Crippen LogP contribution in [0.15, 0.2) is 18.2 Å². The lowest BCUT2D eigenvalue weighted by atomic mass is 9.85. The minimum atomic E-state index is -1.16. The van der Waals surface area contributed by atoms with E-state index >= 15 is 0 Å². The third-order valence-electron chi connectivity index (χ3n) is 3.62. The summed E-state index contributed by atoms with van der Waals surface area (Å²) in [5.74, 6) is -1.40. The van der Waals surface area contributed by atoms with E-state index in [1.165, 1.54) is 0 Å². The Labute approximate surface area is 135 Å². The summed E-state index contributed by atoms with van der Waals surface area (Å²) in [6, 6.07) is 5.32. The van der Waals surface area contributed by atoms with E-state index in [9.17, 15) is 14.7 Å². The number of amides is 1. The quantitative estimate of drug-likeness (QED) is 0.907. The lowest BCUT2D eigenvalue weighted by molar-refractivity contribution is -0.307. The number of hydrogen-bond donors (Lipinski definition) is 1. The second-order valence-electron chi connectivity index (χ2n) is 6.54. The number of anilines is 1. The molecule has 0 spiro atoms. The molecule has 0 saturated carbocycles. The molecule has 2 rings (SSSR count). The molecule has 1 amide bonds. The van der Waals surface area contributed by atoms with Crippen molar-refractivity contribution in [3.63, 3.8) is 0 Å². The predicted molar refractivity (Wildman–Crippen MR) is 85.7 cm³/mol. The molecule has 1 aromatic heterocycles. The molecule has 1 heterocycles. The van der Waals surface area contributed by atoms with E-state index in [0.717, 1.165) is 16.9 Å². The van der Waals surface area contributed by atoms with Gasteiger partial charge in [0.2, 0.25) is 5.91 Å². The van der Waals surface area contributed by atoms with E-state index in [1.807, 2.05) is 13.8 Å². The number of hydrogen-bond acceptors (Lipinski definition) is 5.